The number of sulfonamides is 1. The van der Waals surface area contributed by atoms with Crippen LogP contribution >= 0.6 is 11.6 Å². The molecule has 1 rings (SSSR count). The van der Waals surface area contributed by atoms with E-state index in [1.54, 1.807) is 18.2 Å². The van der Waals surface area contributed by atoms with Crippen LogP contribution in [0.25, 0.3) is 0 Å². The fourth-order valence-electron chi connectivity index (χ4n) is 1.34. The standard InChI is InChI=1S/C12H18ClNO3S/c1-10(2)17-6-7-18(15,16)14-12-5-3-4-11(8-12)9-13/h3-5,8,10,14H,6-7,9H2,1-2H3. The molecule has 0 heterocycles. The van der Waals surface area contributed by atoms with E-state index in [1.165, 1.54) is 0 Å². The fraction of sp³-hybridized carbons (Fsp3) is 0.500. The zero-order valence-electron chi connectivity index (χ0n) is 10.5. The van der Waals surface area contributed by atoms with Crippen LogP contribution in [0.15, 0.2) is 24.3 Å². The second kappa shape index (κ2) is 6.97. The SMILES string of the molecule is CC(C)OCCS(=O)(=O)Nc1cccc(CCl)c1. The Bertz CT molecular complexity index is 474. The minimum atomic E-state index is -3.37. The second-order valence-electron chi connectivity index (χ2n) is 4.17. The molecule has 0 amide bonds. The normalized spacial score (nSPS) is 11.8. The van der Waals surface area contributed by atoms with E-state index >= 15 is 0 Å². The summed E-state index contributed by atoms with van der Waals surface area (Å²) < 4.78 is 31.2. The lowest BCUT2D eigenvalue weighted by atomic mass is 10.2. The van der Waals surface area contributed by atoms with Crippen LogP contribution in [0, 0.1) is 0 Å². The first kappa shape index (κ1) is 15.3. The van der Waals surface area contributed by atoms with Gasteiger partial charge in [0.2, 0.25) is 10.0 Å². The van der Waals surface area contributed by atoms with Crippen molar-refractivity contribution >= 4 is 27.3 Å². The van der Waals surface area contributed by atoms with Crippen LogP contribution in [0.2, 0.25) is 0 Å². The van der Waals surface area contributed by atoms with Crippen molar-refractivity contribution in [2.75, 3.05) is 17.1 Å². The Kier molecular flexibility index (Phi) is 5.91. The van der Waals surface area contributed by atoms with Gasteiger partial charge in [0.1, 0.15) is 0 Å². The maximum absolute atomic E-state index is 11.8. The molecular formula is C12H18ClNO3S. The molecule has 0 aliphatic rings. The van der Waals surface area contributed by atoms with E-state index in [0.29, 0.717) is 11.6 Å². The van der Waals surface area contributed by atoms with Gasteiger partial charge in [-0.25, -0.2) is 8.42 Å². The summed E-state index contributed by atoms with van der Waals surface area (Å²) in [5, 5.41) is 0. The Morgan fingerprint density at radius 1 is 1.39 bits per heavy atom. The molecule has 0 radical (unpaired) electrons. The van der Waals surface area contributed by atoms with Crippen LogP contribution in [-0.4, -0.2) is 26.9 Å². The summed E-state index contributed by atoms with van der Waals surface area (Å²) in [5.74, 6) is 0.294. The predicted molar refractivity (Wildman–Crippen MR) is 74.5 cm³/mol. The number of rotatable bonds is 7. The third-order valence-electron chi connectivity index (χ3n) is 2.16. The lowest BCUT2D eigenvalue weighted by Crippen LogP contribution is -2.21. The molecule has 0 unspecified atom stereocenters. The number of halogens is 1. The van der Waals surface area contributed by atoms with Crippen molar-refractivity contribution in [2.45, 2.75) is 25.8 Å². The van der Waals surface area contributed by atoms with E-state index in [4.69, 9.17) is 16.3 Å². The van der Waals surface area contributed by atoms with Crippen LogP contribution in [0.1, 0.15) is 19.4 Å². The average molecular weight is 292 g/mol. The van der Waals surface area contributed by atoms with Gasteiger partial charge in [-0.15, -0.1) is 11.6 Å². The van der Waals surface area contributed by atoms with Gasteiger partial charge in [-0.1, -0.05) is 12.1 Å². The molecule has 0 spiro atoms. The molecule has 0 aromatic heterocycles. The molecular weight excluding hydrogens is 274 g/mol. The van der Waals surface area contributed by atoms with Gasteiger partial charge in [-0.05, 0) is 31.5 Å². The van der Waals surface area contributed by atoms with Crippen molar-refractivity contribution < 1.29 is 13.2 Å². The molecule has 0 saturated carbocycles. The number of ether oxygens (including phenoxy) is 1. The third kappa shape index (κ3) is 5.71. The van der Waals surface area contributed by atoms with E-state index in [0.717, 1.165) is 5.56 Å². The minimum Gasteiger partial charge on any atom is -0.378 e. The average Bonchev–Trinajstić information content (AvgIpc) is 2.27. The van der Waals surface area contributed by atoms with E-state index in [9.17, 15) is 8.42 Å². The van der Waals surface area contributed by atoms with Gasteiger partial charge >= 0.3 is 0 Å². The lowest BCUT2D eigenvalue weighted by molar-refractivity contribution is 0.0913. The molecule has 1 N–H and O–H groups in total. The first-order valence-electron chi connectivity index (χ1n) is 5.70. The van der Waals surface area contributed by atoms with Crippen molar-refractivity contribution in [3.8, 4) is 0 Å². The van der Waals surface area contributed by atoms with Crippen LogP contribution in [0.4, 0.5) is 5.69 Å². The molecule has 0 saturated heterocycles. The maximum atomic E-state index is 11.8. The summed E-state index contributed by atoms with van der Waals surface area (Å²) >= 11 is 5.69. The van der Waals surface area contributed by atoms with E-state index < -0.39 is 10.0 Å². The monoisotopic (exact) mass is 291 g/mol. The molecule has 18 heavy (non-hydrogen) atoms. The summed E-state index contributed by atoms with van der Waals surface area (Å²) in [7, 11) is -3.37. The zero-order valence-corrected chi connectivity index (χ0v) is 12.1. The quantitative estimate of drug-likeness (QED) is 0.786. The van der Waals surface area contributed by atoms with Crippen LogP contribution in [0.3, 0.4) is 0 Å². The van der Waals surface area contributed by atoms with Gasteiger partial charge in [0.25, 0.3) is 0 Å². The second-order valence-corrected chi connectivity index (χ2v) is 6.28. The molecule has 0 aliphatic heterocycles. The van der Waals surface area contributed by atoms with Crippen molar-refractivity contribution in [2.24, 2.45) is 0 Å². The number of anilines is 1. The van der Waals surface area contributed by atoms with Gasteiger partial charge in [0.05, 0.1) is 18.5 Å². The summed E-state index contributed by atoms with van der Waals surface area (Å²) in [6.45, 7) is 3.91. The number of benzene rings is 1. The highest BCUT2D eigenvalue weighted by Gasteiger charge is 2.11. The Morgan fingerprint density at radius 2 is 2.11 bits per heavy atom. The summed E-state index contributed by atoms with van der Waals surface area (Å²) in [6.07, 6.45) is 0.0276. The molecule has 102 valence electrons. The van der Waals surface area contributed by atoms with E-state index in [-0.39, 0.29) is 18.5 Å². The van der Waals surface area contributed by atoms with Crippen LogP contribution < -0.4 is 4.72 Å². The van der Waals surface area contributed by atoms with Crippen molar-refractivity contribution in [3.05, 3.63) is 29.8 Å². The largest absolute Gasteiger partial charge is 0.378 e. The predicted octanol–water partition coefficient (Wildman–Crippen LogP) is 2.59. The maximum Gasteiger partial charge on any atom is 0.235 e. The minimum absolute atomic E-state index is 0.0276. The molecule has 0 bridgehead atoms. The van der Waals surface area contributed by atoms with Crippen LogP contribution in [0.5, 0.6) is 0 Å². The Morgan fingerprint density at radius 3 is 2.72 bits per heavy atom. The highest BCUT2D eigenvalue weighted by Crippen LogP contribution is 2.14. The lowest BCUT2D eigenvalue weighted by Gasteiger charge is -2.10. The van der Waals surface area contributed by atoms with Gasteiger partial charge < -0.3 is 4.74 Å². The first-order valence-corrected chi connectivity index (χ1v) is 7.88. The number of hydrogen-bond acceptors (Lipinski definition) is 3. The molecule has 0 atom stereocenters. The Labute approximate surface area is 113 Å². The summed E-state index contributed by atoms with van der Waals surface area (Å²) in [5.41, 5.74) is 1.40. The molecule has 1 aromatic rings. The number of nitrogens with one attached hydrogen (secondary N) is 1. The highest BCUT2D eigenvalue weighted by atomic mass is 35.5. The zero-order chi connectivity index (χ0) is 13.6. The molecule has 1 aromatic carbocycles. The first-order chi connectivity index (χ1) is 8.43. The summed E-state index contributed by atoms with van der Waals surface area (Å²) in [4.78, 5) is 0. The van der Waals surface area contributed by atoms with E-state index in [2.05, 4.69) is 4.72 Å². The molecule has 4 nitrogen and oxygen atoms in total. The van der Waals surface area contributed by atoms with Gasteiger partial charge in [0, 0.05) is 11.6 Å². The van der Waals surface area contributed by atoms with Crippen LogP contribution in [-0.2, 0) is 20.6 Å². The van der Waals surface area contributed by atoms with Crippen molar-refractivity contribution in [1.29, 1.82) is 0 Å². The third-order valence-corrected chi connectivity index (χ3v) is 3.72. The fourth-order valence-corrected chi connectivity index (χ4v) is 2.41. The van der Waals surface area contributed by atoms with Gasteiger partial charge in [-0.2, -0.15) is 0 Å². The van der Waals surface area contributed by atoms with Gasteiger partial charge in [-0.3, -0.25) is 4.72 Å². The number of alkyl halides is 1. The number of hydrogen-bond donors (Lipinski definition) is 1. The van der Waals surface area contributed by atoms with Crippen molar-refractivity contribution in [3.63, 3.8) is 0 Å². The molecule has 0 aliphatic carbocycles. The van der Waals surface area contributed by atoms with Gasteiger partial charge in [0.15, 0.2) is 0 Å². The van der Waals surface area contributed by atoms with Crippen molar-refractivity contribution in [1.82, 2.24) is 0 Å². The smallest absolute Gasteiger partial charge is 0.235 e. The van der Waals surface area contributed by atoms with E-state index in [1.807, 2.05) is 19.9 Å². The Hall–Kier alpha value is -0.780. The molecule has 6 heteroatoms. The topological polar surface area (TPSA) is 55.4 Å². The highest BCUT2D eigenvalue weighted by molar-refractivity contribution is 7.92. The summed E-state index contributed by atoms with van der Waals surface area (Å²) in [6, 6.07) is 7.01. The molecule has 0 fully saturated rings. The Balaban J connectivity index is 2.59.